The van der Waals surface area contributed by atoms with Crippen LogP contribution in [0.5, 0.6) is 0 Å². The molecule has 0 bridgehead atoms. The number of hydrogen-bond donors (Lipinski definition) is 0. The van der Waals surface area contributed by atoms with Crippen molar-refractivity contribution in [3.8, 4) is 0 Å². The van der Waals surface area contributed by atoms with Crippen molar-refractivity contribution < 1.29 is 14.6 Å². The number of carbonyl (C=O) groups is 1. The third-order valence-electron chi connectivity index (χ3n) is 1.83. The number of carbonyl (C=O) groups excluding carboxylic acids is 1. The van der Waals surface area contributed by atoms with E-state index in [0.717, 1.165) is 12.8 Å². The zero-order chi connectivity index (χ0) is 8.32. The van der Waals surface area contributed by atoms with Crippen LogP contribution in [0.1, 0.15) is 19.8 Å². The van der Waals surface area contributed by atoms with Gasteiger partial charge in [0.15, 0.2) is 0 Å². The maximum absolute atomic E-state index is 10.7. The minimum absolute atomic E-state index is 0.243. The molecule has 3 nitrogen and oxygen atoms in total. The molecule has 0 atom stereocenters. The van der Waals surface area contributed by atoms with Crippen molar-refractivity contribution in [2.24, 2.45) is 5.41 Å². The molecule has 1 aliphatic carbocycles. The summed E-state index contributed by atoms with van der Waals surface area (Å²) in [5.41, 5.74) is 0.243. The summed E-state index contributed by atoms with van der Waals surface area (Å²) in [6, 6.07) is 0. The summed E-state index contributed by atoms with van der Waals surface area (Å²) < 4.78 is 0. The lowest BCUT2D eigenvalue weighted by atomic mass is 10.1. The Hall–Kier alpha value is -0.830. The van der Waals surface area contributed by atoms with Crippen molar-refractivity contribution in [1.29, 1.82) is 0 Å². The molecule has 0 aromatic carbocycles. The molecule has 1 fully saturated rings. The van der Waals surface area contributed by atoms with Crippen LogP contribution in [0.2, 0.25) is 0 Å². The Labute approximate surface area is 65.9 Å². The van der Waals surface area contributed by atoms with Crippen LogP contribution in [-0.2, 0) is 14.6 Å². The number of allylic oxidation sites excluding steroid dienone is 1. The lowest BCUT2D eigenvalue weighted by Crippen LogP contribution is -1.99. The predicted molar refractivity (Wildman–Crippen MR) is 39.6 cm³/mol. The molecule has 0 amide bonds. The maximum atomic E-state index is 10.7. The second-order valence-electron chi connectivity index (χ2n) is 3.06. The van der Waals surface area contributed by atoms with Gasteiger partial charge in [-0.15, -0.1) is 0 Å². The Morgan fingerprint density at radius 3 is 2.64 bits per heavy atom. The van der Waals surface area contributed by atoms with Crippen molar-refractivity contribution in [2.45, 2.75) is 19.8 Å². The van der Waals surface area contributed by atoms with Crippen molar-refractivity contribution in [2.75, 3.05) is 7.11 Å². The number of rotatable bonds is 3. The van der Waals surface area contributed by atoms with E-state index in [1.165, 1.54) is 13.2 Å². The third-order valence-corrected chi connectivity index (χ3v) is 1.83. The van der Waals surface area contributed by atoms with Crippen LogP contribution >= 0.6 is 0 Å². The van der Waals surface area contributed by atoms with Gasteiger partial charge in [-0.1, -0.05) is 13.0 Å². The third kappa shape index (κ3) is 2.72. The van der Waals surface area contributed by atoms with Gasteiger partial charge in [0.1, 0.15) is 0 Å². The van der Waals surface area contributed by atoms with Crippen LogP contribution in [0.15, 0.2) is 12.2 Å². The Kier molecular flexibility index (Phi) is 2.29. The van der Waals surface area contributed by atoms with Crippen LogP contribution in [0.25, 0.3) is 0 Å². The monoisotopic (exact) mass is 156 g/mol. The molecule has 0 aliphatic heterocycles. The molecular weight excluding hydrogens is 144 g/mol. The van der Waals surface area contributed by atoms with Gasteiger partial charge in [0.2, 0.25) is 0 Å². The summed E-state index contributed by atoms with van der Waals surface area (Å²) in [6.07, 6.45) is 5.60. The van der Waals surface area contributed by atoms with E-state index >= 15 is 0 Å². The SMILES string of the molecule is COOC(=O)/C=C/C1(C)CC1. The fraction of sp³-hybridized carbons (Fsp3) is 0.625. The highest BCUT2D eigenvalue weighted by molar-refractivity contribution is 5.81. The molecule has 1 rings (SSSR count). The topological polar surface area (TPSA) is 35.5 Å². The van der Waals surface area contributed by atoms with Crippen LogP contribution in [0.3, 0.4) is 0 Å². The Morgan fingerprint density at radius 1 is 1.55 bits per heavy atom. The summed E-state index contributed by atoms with van der Waals surface area (Å²) in [5, 5.41) is 0. The molecule has 1 aliphatic rings. The van der Waals surface area contributed by atoms with E-state index in [-0.39, 0.29) is 5.41 Å². The van der Waals surface area contributed by atoms with E-state index in [1.807, 2.05) is 6.08 Å². The highest BCUT2D eigenvalue weighted by Crippen LogP contribution is 2.46. The first kappa shape index (κ1) is 8.27. The molecule has 0 unspecified atom stereocenters. The zero-order valence-corrected chi connectivity index (χ0v) is 6.79. The molecule has 3 heteroatoms. The van der Waals surface area contributed by atoms with E-state index in [1.54, 1.807) is 0 Å². The Bertz CT molecular complexity index is 180. The van der Waals surface area contributed by atoms with Gasteiger partial charge in [0, 0.05) is 6.08 Å². The van der Waals surface area contributed by atoms with E-state index < -0.39 is 5.97 Å². The summed E-state index contributed by atoms with van der Waals surface area (Å²) in [6.45, 7) is 2.10. The molecule has 0 saturated heterocycles. The van der Waals surface area contributed by atoms with Gasteiger partial charge < -0.3 is 0 Å². The smallest absolute Gasteiger partial charge is 0.294 e. The molecule has 62 valence electrons. The van der Waals surface area contributed by atoms with E-state index in [2.05, 4.69) is 16.7 Å². The van der Waals surface area contributed by atoms with Crippen LogP contribution in [0.4, 0.5) is 0 Å². The van der Waals surface area contributed by atoms with Crippen LogP contribution in [0, 0.1) is 5.41 Å². The Morgan fingerprint density at radius 2 is 2.18 bits per heavy atom. The number of hydrogen-bond acceptors (Lipinski definition) is 3. The molecule has 0 radical (unpaired) electrons. The highest BCUT2D eigenvalue weighted by atomic mass is 17.2. The molecule has 0 aromatic rings. The molecule has 11 heavy (non-hydrogen) atoms. The standard InChI is InChI=1S/C8H12O3/c1-8(5-6-8)4-3-7(9)11-10-2/h3-4H,5-6H2,1-2H3/b4-3+. The molecule has 1 saturated carbocycles. The Balaban J connectivity index is 2.28. The van der Waals surface area contributed by atoms with Gasteiger partial charge in [-0.2, -0.15) is 4.89 Å². The highest BCUT2D eigenvalue weighted by Gasteiger charge is 2.34. The first-order chi connectivity index (χ1) is 5.16. The summed E-state index contributed by atoms with van der Waals surface area (Å²) in [4.78, 5) is 19.1. The van der Waals surface area contributed by atoms with Crippen molar-refractivity contribution in [3.63, 3.8) is 0 Å². The molecule has 0 heterocycles. The van der Waals surface area contributed by atoms with Gasteiger partial charge in [0.05, 0.1) is 7.11 Å². The minimum Gasteiger partial charge on any atom is -0.294 e. The average Bonchev–Trinajstić information content (AvgIpc) is 2.66. The quantitative estimate of drug-likeness (QED) is 0.352. The average molecular weight is 156 g/mol. The first-order valence-electron chi connectivity index (χ1n) is 3.60. The van der Waals surface area contributed by atoms with E-state index in [9.17, 15) is 4.79 Å². The fourth-order valence-corrected chi connectivity index (χ4v) is 0.743. The molecule has 0 aromatic heterocycles. The molecular formula is C8H12O3. The van der Waals surface area contributed by atoms with Gasteiger partial charge >= 0.3 is 5.97 Å². The van der Waals surface area contributed by atoms with E-state index in [4.69, 9.17) is 0 Å². The van der Waals surface area contributed by atoms with Gasteiger partial charge in [0.25, 0.3) is 0 Å². The van der Waals surface area contributed by atoms with Crippen molar-refractivity contribution in [3.05, 3.63) is 12.2 Å². The first-order valence-corrected chi connectivity index (χ1v) is 3.60. The predicted octanol–water partition coefficient (Wildman–Crippen LogP) is 1.45. The lowest BCUT2D eigenvalue weighted by molar-refractivity contribution is -0.249. The van der Waals surface area contributed by atoms with Crippen LogP contribution in [-0.4, -0.2) is 13.1 Å². The van der Waals surface area contributed by atoms with Crippen molar-refractivity contribution in [1.82, 2.24) is 0 Å². The summed E-state index contributed by atoms with van der Waals surface area (Å²) in [7, 11) is 1.31. The molecule has 0 spiro atoms. The molecule has 0 N–H and O–H groups in total. The maximum Gasteiger partial charge on any atom is 0.365 e. The normalized spacial score (nSPS) is 20.2. The second kappa shape index (κ2) is 3.05. The summed E-state index contributed by atoms with van der Waals surface area (Å²) in [5.74, 6) is -0.444. The van der Waals surface area contributed by atoms with Gasteiger partial charge in [-0.3, -0.25) is 4.89 Å². The van der Waals surface area contributed by atoms with Crippen molar-refractivity contribution >= 4 is 5.97 Å². The lowest BCUT2D eigenvalue weighted by Gasteiger charge is -1.96. The van der Waals surface area contributed by atoms with E-state index in [0.29, 0.717) is 0 Å². The summed E-state index contributed by atoms with van der Waals surface area (Å²) >= 11 is 0. The van der Waals surface area contributed by atoms with Gasteiger partial charge in [-0.05, 0) is 18.3 Å². The second-order valence-corrected chi connectivity index (χ2v) is 3.06. The van der Waals surface area contributed by atoms with Crippen LogP contribution < -0.4 is 0 Å². The largest absolute Gasteiger partial charge is 0.365 e. The fourth-order valence-electron chi connectivity index (χ4n) is 0.743. The van der Waals surface area contributed by atoms with Gasteiger partial charge in [-0.25, -0.2) is 4.79 Å². The minimum atomic E-state index is -0.444. The zero-order valence-electron chi connectivity index (χ0n) is 6.79.